The Hall–Kier alpha value is -1.98. The van der Waals surface area contributed by atoms with E-state index in [-0.39, 0.29) is 12.1 Å². The van der Waals surface area contributed by atoms with E-state index < -0.39 is 35.0 Å². The summed E-state index contributed by atoms with van der Waals surface area (Å²) < 4.78 is 27.6. The maximum Gasteiger partial charge on any atom is 0.308 e. The number of carboxylic acid groups (broad SMARTS) is 1. The van der Waals surface area contributed by atoms with Crippen molar-refractivity contribution < 1.29 is 23.5 Å². The van der Waals surface area contributed by atoms with E-state index in [2.05, 4.69) is 0 Å². The second kappa shape index (κ2) is 5.56. The highest BCUT2D eigenvalue weighted by molar-refractivity contribution is 5.95. The predicted octanol–water partition coefficient (Wildman–Crippen LogP) is 2.21. The minimum absolute atomic E-state index is 0.0129. The fourth-order valence-corrected chi connectivity index (χ4v) is 2.37. The summed E-state index contributed by atoms with van der Waals surface area (Å²) in [6, 6.07) is 2.31. The normalized spacial score (nSPS) is 18.9. The summed E-state index contributed by atoms with van der Waals surface area (Å²) in [7, 11) is 0. The van der Waals surface area contributed by atoms with Crippen molar-refractivity contribution in [1.29, 1.82) is 0 Å². The number of rotatable bonds is 2. The van der Waals surface area contributed by atoms with Crippen molar-refractivity contribution in [2.24, 2.45) is 5.92 Å². The van der Waals surface area contributed by atoms with Gasteiger partial charge in [0.05, 0.1) is 5.92 Å². The van der Waals surface area contributed by atoms with Gasteiger partial charge >= 0.3 is 5.97 Å². The first-order valence-corrected chi connectivity index (χ1v) is 6.38. The van der Waals surface area contributed by atoms with Crippen molar-refractivity contribution in [3.63, 3.8) is 0 Å². The van der Waals surface area contributed by atoms with Gasteiger partial charge in [-0.25, -0.2) is 8.78 Å². The Morgan fingerprint density at radius 2 is 2.05 bits per heavy atom. The highest BCUT2D eigenvalue weighted by Crippen LogP contribution is 2.22. The van der Waals surface area contributed by atoms with Crippen LogP contribution in [0.15, 0.2) is 12.1 Å². The molecule has 1 heterocycles. The quantitative estimate of drug-likeness (QED) is 0.905. The summed E-state index contributed by atoms with van der Waals surface area (Å²) >= 11 is 0. The zero-order valence-corrected chi connectivity index (χ0v) is 11.0. The van der Waals surface area contributed by atoms with E-state index in [4.69, 9.17) is 5.11 Å². The molecule has 1 atom stereocenters. The molecule has 1 aromatic carbocycles. The van der Waals surface area contributed by atoms with Crippen LogP contribution in [0.2, 0.25) is 0 Å². The largest absolute Gasteiger partial charge is 0.481 e. The molecule has 20 heavy (non-hydrogen) atoms. The van der Waals surface area contributed by atoms with Gasteiger partial charge in [-0.15, -0.1) is 0 Å². The number of nitrogens with zero attached hydrogens (tertiary/aromatic N) is 1. The highest BCUT2D eigenvalue weighted by Gasteiger charge is 2.31. The van der Waals surface area contributed by atoms with Crippen molar-refractivity contribution in [3.8, 4) is 0 Å². The smallest absolute Gasteiger partial charge is 0.308 e. The van der Waals surface area contributed by atoms with Crippen LogP contribution in [-0.4, -0.2) is 35.0 Å². The number of aryl methyl sites for hydroxylation is 1. The molecule has 0 aliphatic carbocycles. The molecule has 0 unspecified atom stereocenters. The van der Waals surface area contributed by atoms with E-state index in [0.717, 1.165) is 6.07 Å². The van der Waals surface area contributed by atoms with Gasteiger partial charge in [-0.3, -0.25) is 9.59 Å². The van der Waals surface area contributed by atoms with Gasteiger partial charge in [-0.1, -0.05) is 6.07 Å². The second-order valence-electron chi connectivity index (χ2n) is 4.98. The topological polar surface area (TPSA) is 57.6 Å². The number of aliphatic carboxylic acids is 1. The average molecular weight is 283 g/mol. The van der Waals surface area contributed by atoms with Crippen LogP contribution in [0.5, 0.6) is 0 Å². The lowest BCUT2D eigenvalue weighted by Gasteiger charge is -2.31. The molecular formula is C14H15F2NO3. The third-order valence-electron chi connectivity index (χ3n) is 3.56. The zero-order valence-electron chi connectivity index (χ0n) is 11.0. The number of hydrogen-bond donors (Lipinski definition) is 1. The molecule has 1 amide bonds. The molecule has 1 saturated heterocycles. The van der Waals surface area contributed by atoms with Crippen molar-refractivity contribution in [2.75, 3.05) is 13.1 Å². The number of amides is 1. The fourth-order valence-electron chi connectivity index (χ4n) is 2.37. The van der Waals surface area contributed by atoms with Crippen LogP contribution >= 0.6 is 0 Å². The monoisotopic (exact) mass is 283 g/mol. The molecule has 1 aliphatic heterocycles. The van der Waals surface area contributed by atoms with Crippen LogP contribution < -0.4 is 0 Å². The molecule has 1 aliphatic rings. The van der Waals surface area contributed by atoms with E-state index in [1.165, 1.54) is 17.9 Å². The maximum absolute atomic E-state index is 13.9. The minimum Gasteiger partial charge on any atom is -0.481 e. The molecule has 6 heteroatoms. The lowest BCUT2D eigenvalue weighted by molar-refractivity contribution is -0.143. The molecular weight excluding hydrogens is 268 g/mol. The summed E-state index contributed by atoms with van der Waals surface area (Å²) in [6.07, 6.45) is 0.982. The van der Waals surface area contributed by atoms with Crippen molar-refractivity contribution in [1.82, 2.24) is 4.90 Å². The van der Waals surface area contributed by atoms with Crippen LogP contribution in [0, 0.1) is 24.5 Å². The number of likely N-dealkylation sites (tertiary alicyclic amines) is 1. The number of benzene rings is 1. The molecule has 0 bridgehead atoms. The van der Waals surface area contributed by atoms with Gasteiger partial charge in [0.15, 0.2) is 0 Å². The van der Waals surface area contributed by atoms with Gasteiger partial charge in [0, 0.05) is 13.1 Å². The Labute approximate surface area is 115 Å². The number of halogens is 2. The molecule has 0 spiro atoms. The third kappa shape index (κ3) is 2.64. The predicted molar refractivity (Wildman–Crippen MR) is 67.4 cm³/mol. The standard InChI is InChI=1S/C14H15F2NO3/c1-8-4-5-10(15)11(12(8)16)13(18)17-6-2-3-9(7-17)14(19)20/h4-5,9H,2-3,6-7H2,1H3,(H,19,20)/t9-/m1/s1. The van der Waals surface area contributed by atoms with Gasteiger partial charge < -0.3 is 10.0 Å². The van der Waals surface area contributed by atoms with Crippen molar-refractivity contribution in [2.45, 2.75) is 19.8 Å². The molecule has 1 aromatic rings. The number of piperidine rings is 1. The summed E-state index contributed by atoms with van der Waals surface area (Å²) in [4.78, 5) is 24.4. The lowest BCUT2D eigenvalue weighted by Crippen LogP contribution is -2.43. The molecule has 108 valence electrons. The van der Waals surface area contributed by atoms with E-state index in [9.17, 15) is 18.4 Å². The van der Waals surface area contributed by atoms with Crippen molar-refractivity contribution in [3.05, 3.63) is 34.9 Å². The molecule has 2 rings (SSSR count). The highest BCUT2D eigenvalue weighted by atomic mass is 19.1. The Kier molecular flexibility index (Phi) is 4.01. The number of carbonyl (C=O) groups is 2. The van der Waals surface area contributed by atoms with E-state index in [0.29, 0.717) is 19.4 Å². The van der Waals surface area contributed by atoms with Crippen LogP contribution in [0.4, 0.5) is 8.78 Å². The van der Waals surface area contributed by atoms with Gasteiger partial charge in [-0.2, -0.15) is 0 Å². The Morgan fingerprint density at radius 1 is 1.35 bits per heavy atom. The Balaban J connectivity index is 2.28. The van der Waals surface area contributed by atoms with E-state index >= 15 is 0 Å². The SMILES string of the molecule is Cc1ccc(F)c(C(=O)N2CCC[C@@H](C(=O)O)C2)c1F. The van der Waals surface area contributed by atoms with Gasteiger partial charge in [0.1, 0.15) is 17.2 Å². The summed E-state index contributed by atoms with van der Waals surface area (Å²) in [5.41, 5.74) is -0.419. The Bertz CT molecular complexity index is 560. The third-order valence-corrected chi connectivity index (χ3v) is 3.56. The van der Waals surface area contributed by atoms with Crippen LogP contribution in [0.1, 0.15) is 28.8 Å². The molecule has 0 radical (unpaired) electrons. The van der Waals surface area contributed by atoms with Gasteiger partial charge in [-0.05, 0) is 31.4 Å². The molecule has 0 aromatic heterocycles. The second-order valence-corrected chi connectivity index (χ2v) is 4.98. The maximum atomic E-state index is 13.9. The van der Waals surface area contributed by atoms with Gasteiger partial charge in [0.2, 0.25) is 0 Å². The van der Waals surface area contributed by atoms with Crippen LogP contribution in [0.25, 0.3) is 0 Å². The molecule has 4 nitrogen and oxygen atoms in total. The first-order chi connectivity index (χ1) is 9.41. The first kappa shape index (κ1) is 14.4. The Morgan fingerprint density at radius 3 is 2.70 bits per heavy atom. The summed E-state index contributed by atoms with van der Waals surface area (Å²) in [6.45, 7) is 1.75. The average Bonchev–Trinajstić information content (AvgIpc) is 2.43. The first-order valence-electron chi connectivity index (χ1n) is 6.38. The molecule has 0 saturated carbocycles. The zero-order chi connectivity index (χ0) is 14.9. The van der Waals surface area contributed by atoms with Crippen molar-refractivity contribution >= 4 is 11.9 Å². The van der Waals surface area contributed by atoms with Crippen LogP contribution in [0.3, 0.4) is 0 Å². The minimum atomic E-state index is -0.993. The van der Waals surface area contributed by atoms with Crippen LogP contribution in [-0.2, 0) is 4.79 Å². The van der Waals surface area contributed by atoms with Gasteiger partial charge in [0.25, 0.3) is 5.91 Å². The number of hydrogen-bond acceptors (Lipinski definition) is 2. The fraction of sp³-hybridized carbons (Fsp3) is 0.429. The molecule has 1 fully saturated rings. The summed E-state index contributed by atoms with van der Waals surface area (Å²) in [5.74, 6) is -4.26. The molecule has 1 N–H and O–H groups in total. The summed E-state index contributed by atoms with van der Waals surface area (Å²) in [5, 5.41) is 8.98. The number of carboxylic acids is 1. The van der Waals surface area contributed by atoms with E-state index in [1.807, 2.05) is 0 Å². The number of carbonyl (C=O) groups excluding carboxylic acids is 1. The lowest BCUT2D eigenvalue weighted by atomic mass is 9.97. The van der Waals surface area contributed by atoms with E-state index in [1.54, 1.807) is 0 Å².